The van der Waals surface area contributed by atoms with E-state index in [0.29, 0.717) is 10.6 Å². The van der Waals surface area contributed by atoms with E-state index in [4.69, 9.17) is 17.3 Å². The largest absolute Gasteiger partial charge is 0.368 e. The van der Waals surface area contributed by atoms with Crippen LogP contribution >= 0.6 is 11.6 Å². The van der Waals surface area contributed by atoms with Crippen LogP contribution in [0.4, 0.5) is 0 Å². The molecule has 1 rings (SSSR count). The number of primary amides is 1. The fourth-order valence-electron chi connectivity index (χ4n) is 1.16. The van der Waals surface area contributed by atoms with Gasteiger partial charge in [0, 0.05) is 5.02 Å². The first-order valence-corrected chi connectivity index (χ1v) is 4.25. The van der Waals surface area contributed by atoms with Gasteiger partial charge in [-0.05, 0) is 18.7 Å². The van der Waals surface area contributed by atoms with Gasteiger partial charge in [0.05, 0.1) is 0 Å². The summed E-state index contributed by atoms with van der Waals surface area (Å²) in [5.74, 6) is -0.435. The zero-order valence-electron chi connectivity index (χ0n) is 7.25. The lowest BCUT2D eigenvalue weighted by atomic mass is 10.1. The van der Waals surface area contributed by atoms with E-state index >= 15 is 0 Å². The number of carbonyl (C=O) groups is 1. The number of halogens is 1. The van der Waals surface area contributed by atoms with Gasteiger partial charge in [-0.1, -0.05) is 29.8 Å². The first-order valence-electron chi connectivity index (χ1n) is 3.88. The van der Waals surface area contributed by atoms with E-state index in [9.17, 15) is 4.79 Å². The van der Waals surface area contributed by atoms with Crippen molar-refractivity contribution in [2.75, 3.05) is 7.05 Å². The smallest absolute Gasteiger partial charge is 0.239 e. The Balaban J connectivity index is 3.04. The predicted octanol–water partition coefficient (Wildman–Crippen LogP) is 1.09. The molecule has 0 saturated heterocycles. The number of amides is 1. The van der Waals surface area contributed by atoms with Gasteiger partial charge in [0.1, 0.15) is 6.04 Å². The molecule has 3 N–H and O–H groups in total. The number of hydrogen-bond donors (Lipinski definition) is 2. The molecular formula is C9H11ClN2O. The number of hydrogen-bond acceptors (Lipinski definition) is 2. The SMILES string of the molecule is CN[C@H](C(N)=O)c1ccccc1Cl. The predicted molar refractivity (Wildman–Crippen MR) is 52.4 cm³/mol. The van der Waals surface area contributed by atoms with Crippen molar-refractivity contribution in [1.29, 1.82) is 0 Å². The first-order chi connectivity index (χ1) is 6.16. The lowest BCUT2D eigenvalue weighted by molar-refractivity contribution is -0.120. The Bertz CT molecular complexity index is 314. The van der Waals surface area contributed by atoms with Crippen LogP contribution in [0.3, 0.4) is 0 Å². The molecule has 0 saturated carbocycles. The van der Waals surface area contributed by atoms with Crippen LogP contribution in [0.15, 0.2) is 24.3 Å². The molecule has 0 bridgehead atoms. The minimum absolute atomic E-state index is 0.435. The highest BCUT2D eigenvalue weighted by Crippen LogP contribution is 2.21. The molecule has 0 aliphatic heterocycles. The fourth-order valence-corrected chi connectivity index (χ4v) is 1.41. The zero-order chi connectivity index (χ0) is 9.84. The van der Waals surface area contributed by atoms with E-state index < -0.39 is 11.9 Å². The van der Waals surface area contributed by atoms with Crippen molar-refractivity contribution in [2.45, 2.75) is 6.04 Å². The number of rotatable bonds is 3. The second-order valence-corrected chi connectivity index (χ2v) is 3.05. The molecule has 4 heteroatoms. The maximum atomic E-state index is 11.0. The summed E-state index contributed by atoms with van der Waals surface area (Å²) >= 11 is 5.89. The molecule has 70 valence electrons. The molecule has 1 atom stereocenters. The van der Waals surface area contributed by atoms with E-state index in [-0.39, 0.29) is 0 Å². The highest BCUT2D eigenvalue weighted by molar-refractivity contribution is 6.31. The number of nitrogens with one attached hydrogen (secondary N) is 1. The first kappa shape index (κ1) is 10.0. The van der Waals surface area contributed by atoms with Crippen LogP contribution in [0.5, 0.6) is 0 Å². The molecule has 0 aliphatic carbocycles. The van der Waals surface area contributed by atoms with Crippen molar-refractivity contribution in [3.05, 3.63) is 34.9 Å². The molecule has 0 aliphatic rings. The van der Waals surface area contributed by atoms with Crippen molar-refractivity contribution in [3.63, 3.8) is 0 Å². The van der Waals surface area contributed by atoms with Gasteiger partial charge in [0.25, 0.3) is 0 Å². The zero-order valence-corrected chi connectivity index (χ0v) is 8.01. The maximum absolute atomic E-state index is 11.0. The summed E-state index contributed by atoms with van der Waals surface area (Å²) < 4.78 is 0. The van der Waals surface area contributed by atoms with Gasteiger partial charge in [0.2, 0.25) is 5.91 Å². The van der Waals surface area contributed by atoms with E-state index in [1.165, 1.54) is 0 Å². The van der Waals surface area contributed by atoms with Crippen LogP contribution in [0.2, 0.25) is 5.02 Å². The molecule has 1 aromatic rings. The Morgan fingerprint density at radius 2 is 2.15 bits per heavy atom. The molecular weight excluding hydrogens is 188 g/mol. The normalized spacial score (nSPS) is 12.5. The number of benzene rings is 1. The highest BCUT2D eigenvalue weighted by atomic mass is 35.5. The summed E-state index contributed by atoms with van der Waals surface area (Å²) in [4.78, 5) is 11.0. The molecule has 0 fully saturated rings. The second-order valence-electron chi connectivity index (χ2n) is 2.65. The van der Waals surface area contributed by atoms with Crippen LogP contribution in [0.1, 0.15) is 11.6 Å². The topological polar surface area (TPSA) is 55.1 Å². The van der Waals surface area contributed by atoms with Crippen LogP contribution in [-0.4, -0.2) is 13.0 Å². The van der Waals surface area contributed by atoms with E-state index in [2.05, 4.69) is 5.32 Å². The Morgan fingerprint density at radius 3 is 2.62 bits per heavy atom. The molecule has 13 heavy (non-hydrogen) atoms. The summed E-state index contributed by atoms with van der Waals surface area (Å²) in [6, 6.07) is 6.60. The number of likely N-dealkylation sites (N-methyl/N-ethyl adjacent to an activating group) is 1. The maximum Gasteiger partial charge on any atom is 0.239 e. The molecule has 0 spiro atoms. The lowest BCUT2D eigenvalue weighted by Gasteiger charge is -2.13. The minimum Gasteiger partial charge on any atom is -0.368 e. The van der Waals surface area contributed by atoms with Gasteiger partial charge >= 0.3 is 0 Å². The summed E-state index contributed by atoms with van der Waals surface area (Å²) in [7, 11) is 1.67. The Kier molecular flexibility index (Phi) is 3.28. The highest BCUT2D eigenvalue weighted by Gasteiger charge is 2.17. The van der Waals surface area contributed by atoms with Crippen LogP contribution < -0.4 is 11.1 Å². The molecule has 0 aromatic heterocycles. The third-order valence-corrected chi connectivity index (χ3v) is 2.13. The van der Waals surface area contributed by atoms with Gasteiger partial charge in [0.15, 0.2) is 0 Å². The van der Waals surface area contributed by atoms with Gasteiger partial charge < -0.3 is 11.1 Å². The van der Waals surface area contributed by atoms with Crippen LogP contribution in [0.25, 0.3) is 0 Å². The van der Waals surface area contributed by atoms with Crippen molar-refractivity contribution < 1.29 is 4.79 Å². The van der Waals surface area contributed by atoms with Crippen molar-refractivity contribution >= 4 is 17.5 Å². The van der Waals surface area contributed by atoms with Gasteiger partial charge in [-0.3, -0.25) is 4.79 Å². The van der Waals surface area contributed by atoms with E-state index in [1.807, 2.05) is 6.07 Å². The van der Waals surface area contributed by atoms with E-state index in [1.54, 1.807) is 25.2 Å². The molecule has 3 nitrogen and oxygen atoms in total. The minimum atomic E-state index is -0.520. The molecule has 0 heterocycles. The summed E-state index contributed by atoms with van der Waals surface area (Å²) in [5, 5.41) is 3.34. The van der Waals surface area contributed by atoms with Crippen LogP contribution in [0, 0.1) is 0 Å². The average Bonchev–Trinajstić information content (AvgIpc) is 2.09. The molecule has 1 aromatic carbocycles. The van der Waals surface area contributed by atoms with Crippen LogP contribution in [-0.2, 0) is 4.79 Å². The van der Waals surface area contributed by atoms with Crippen molar-refractivity contribution in [3.8, 4) is 0 Å². The molecule has 1 amide bonds. The fraction of sp³-hybridized carbons (Fsp3) is 0.222. The quantitative estimate of drug-likeness (QED) is 0.764. The molecule has 0 radical (unpaired) electrons. The summed E-state index contributed by atoms with van der Waals surface area (Å²) in [6.07, 6.45) is 0. The van der Waals surface area contributed by atoms with Crippen molar-refractivity contribution in [2.24, 2.45) is 5.73 Å². The average molecular weight is 199 g/mol. The van der Waals surface area contributed by atoms with Crippen molar-refractivity contribution in [1.82, 2.24) is 5.32 Å². The monoisotopic (exact) mass is 198 g/mol. The number of carbonyl (C=O) groups excluding carboxylic acids is 1. The van der Waals surface area contributed by atoms with Gasteiger partial charge in [-0.15, -0.1) is 0 Å². The summed E-state index contributed by atoms with van der Waals surface area (Å²) in [6.45, 7) is 0. The van der Waals surface area contributed by atoms with Gasteiger partial charge in [-0.2, -0.15) is 0 Å². The summed E-state index contributed by atoms with van der Waals surface area (Å²) in [5.41, 5.74) is 5.90. The van der Waals surface area contributed by atoms with E-state index in [0.717, 1.165) is 0 Å². The Hall–Kier alpha value is -1.06. The van der Waals surface area contributed by atoms with Gasteiger partial charge in [-0.25, -0.2) is 0 Å². The standard InChI is InChI=1S/C9H11ClN2O/c1-12-8(9(11)13)6-4-2-3-5-7(6)10/h2-5,8,12H,1H3,(H2,11,13)/t8-/m0/s1. The Morgan fingerprint density at radius 1 is 1.54 bits per heavy atom. The Labute approximate surface area is 81.9 Å². The third-order valence-electron chi connectivity index (χ3n) is 1.79. The number of nitrogens with two attached hydrogens (primary N) is 1. The lowest BCUT2D eigenvalue weighted by Crippen LogP contribution is -2.31. The second kappa shape index (κ2) is 4.25. The molecule has 0 unspecified atom stereocenters. The third kappa shape index (κ3) is 2.20.